The molecule has 106 valence electrons. The van der Waals surface area contributed by atoms with Gasteiger partial charge in [-0.05, 0) is 13.1 Å². The number of para-hydroxylation sites is 1. The quantitative estimate of drug-likeness (QED) is 0.748. The van der Waals surface area contributed by atoms with Crippen LogP contribution in [0.5, 0.6) is 5.75 Å². The van der Waals surface area contributed by atoms with Crippen molar-refractivity contribution >= 4 is 5.97 Å². The highest BCUT2D eigenvalue weighted by Crippen LogP contribution is 2.18. The van der Waals surface area contributed by atoms with Gasteiger partial charge < -0.3 is 14.6 Å². The van der Waals surface area contributed by atoms with E-state index in [0.29, 0.717) is 13.1 Å². The molecule has 0 saturated heterocycles. The number of methoxy groups -OCH3 is 2. The van der Waals surface area contributed by atoms with E-state index in [9.17, 15) is 9.90 Å². The Labute approximate surface area is 113 Å². The minimum Gasteiger partial charge on any atom is -0.496 e. The summed E-state index contributed by atoms with van der Waals surface area (Å²) >= 11 is 0. The highest BCUT2D eigenvalue weighted by atomic mass is 16.5. The molecule has 1 rings (SSSR count). The van der Waals surface area contributed by atoms with Gasteiger partial charge in [0.1, 0.15) is 5.75 Å². The topological polar surface area (TPSA) is 59.0 Å². The number of aliphatic hydroxyl groups excluding tert-OH is 1. The molecule has 1 atom stereocenters. The van der Waals surface area contributed by atoms with Gasteiger partial charge in [0.2, 0.25) is 0 Å². The zero-order valence-corrected chi connectivity index (χ0v) is 11.6. The summed E-state index contributed by atoms with van der Waals surface area (Å²) in [5, 5.41) is 9.75. The molecule has 0 bridgehead atoms. The average molecular weight is 267 g/mol. The van der Waals surface area contributed by atoms with Crippen LogP contribution in [-0.4, -0.2) is 49.9 Å². The molecular weight excluding hydrogens is 246 g/mol. The van der Waals surface area contributed by atoms with E-state index in [4.69, 9.17) is 4.74 Å². The number of benzene rings is 1. The molecule has 0 spiro atoms. The minimum absolute atomic E-state index is 0.00671. The van der Waals surface area contributed by atoms with Gasteiger partial charge in [0.05, 0.1) is 26.7 Å². The molecule has 0 fully saturated rings. The van der Waals surface area contributed by atoms with Crippen LogP contribution < -0.4 is 4.74 Å². The molecule has 5 heteroatoms. The number of nitrogens with zero attached hydrogens (tertiary/aromatic N) is 1. The zero-order valence-electron chi connectivity index (χ0n) is 11.6. The van der Waals surface area contributed by atoms with Gasteiger partial charge in [0.15, 0.2) is 0 Å². The molecule has 0 aliphatic rings. The maximum Gasteiger partial charge on any atom is 0.308 e. The number of ether oxygens (including phenoxy) is 2. The van der Waals surface area contributed by atoms with Crippen molar-refractivity contribution in [3.63, 3.8) is 0 Å². The summed E-state index contributed by atoms with van der Waals surface area (Å²) in [4.78, 5) is 13.0. The maximum absolute atomic E-state index is 11.0. The molecule has 0 aliphatic carbocycles. The Bertz CT molecular complexity index is 408. The van der Waals surface area contributed by atoms with Crippen LogP contribution in [0.1, 0.15) is 12.0 Å². The normalized spacial score (nSPS) is 12.3. The lowest BCUT2D eigenvalue weighted by molar-refractivity contribution is -0.143. The van der Waals surface area contributed by atoms with Gasteiger partial charge in [-0.1, -0.05) is 18.2 Å². The largest absolute Gasteiger partial charge is 0.496 e. The summed E-state index contributed by atoms with van der Waals surface area (Å²) in [6.07, 6.45) is -0.723. The number of carbonyl (C=O) groups is 1. The first-order valence-corrected chi connectivity index (χ1v) is 6.12. The third-order valence-electron chi connectivity index (χ3n) is 2.79. The van der Waals surface area contributed by atoms with Crippen LogP contribution in [0.2, 0.25) is 0 Å². The monoisotopic (exact) mass is 267 g/mol. The molecule has 1 N–H and O–H groups in total. The molecule has 0 aromatic heterocycles. The number of hydrogen-bond acceptors (Lipinski definition) is 5. The number of likely N-dealkylation sites (N-methyl/N-ethyl adjacent to an activating group) is 1. The Kier molecular flexibility index (Phi) is 6.32. The van der Waals surface area contributed by atoms with Crippen LogP contribution in [0.25, 0.3) is 0 Å². The number of aliphatic hydroxyl groups is 1. The van der Waals surface area contributed by atoms with Crippen molar-refractivity contribution in [1.82, 2.24) is 4.90 Å². The maximum atomic E-state index is 11.0. The molecule has 1 aromatic rings. The Morgan fingerprint density at radius 2 is 2.05 bits per heavy atom. The lowest BCUT2D eigenvalue weighted by Gasteiger charge is -2.21. The Hall–Kier alpha value is -1.59. The predicted octanol–water partition coefficient (Wildman–Crippen LogP) is 1.05. The van der Waals surface area contributed by atoms with Crippen molar-refractivity contribution in [3.8, 4) is 5.75 Å². The van der Waals surface area contributed by atoms with Gasteiger partial charge in [0.25, 0.3) is 0 Å². The van der Waals surface area contributed by atoms with E-state index in [1.54, 1.807) is 7.11 Å². The van der Waals surface area contributed by atoms with Crippen molar-refractivity contribution in [2.24, 2.45) is 0 Å². The van der Waals surface area contributed by atoms with E-state index < -0.39 is 12.1 Å². The van der Waals surface area contributed by atoms with E-state index in [1.807, 2.05) is 36.2 Å². The first-order chi connectivity index (χ1) is 9.06. The van der Waals surface area contributed by atoms with Crippen molar-refractivity contribution in [1.29, 1.82) is 0 Å². The van der Waals surface area contributed by atoms with Crippen molar-refractivity contribution in [2.45, 2.75) is 19.1 Å². The van der Waals surface area contributed by atoms with Gasteiger partial charge in [-0.2, -0.15) is 0 Å². The van der Waals surface area contributed by atoms with Crippen LogP contribution in [0.15, 0.2) is 24.3 Å². The fourth-order valence-corrected chi connectivity index (χ4v) is 1.89. The predicted molar refractivity (Wildman–Crippen MR) is 72.0 cm³/mol. The molecule has 0 aliphatic heterocycles. The second kappa shape index (κ2) is 7.76. The SMILES string of the molecule is COC(=O)CC(O)CN(C)Cc1ccccc1OC. The van der Waals surface area contributed by atoms with Gasteiger partial charge in [-0.25, -0.2) is 0 Å². The Balaban J connectivity index is 2.50. The van der Waals surface area contributed by atoms with E-state index >= 15 is 0 Å². The van der Waals surface area contributed by atoms with Crippen LogP contribution in [0.4, 0.5) is 0 Å². The lowest BCUT2D eigenvalue weighted by Crippen LogP contribution is -2.30. The first kappa shape index (κ1) is 15.5. The highest BCUT2D eigenvalue weighted by Gasteiger charge is 2.14. The van der Waals surface area contributed by atoms with E-state index in [0.717, 1.165) is 11.3 Å². The minimum atomic E-state index is -0.729. The standard InChI is InChI=1S/C14H21NO4/c1-15(10-12(16)8-14(17)19-3)9-11-6-4-5-7-13(11)18-2/h4-7,12,16H,8-10H2,1-3H3. The Morgan fingerprint density at radius 3 is 2.68 bits per heavy atom. The third kappa shape index (κ3) is 5.28. The van der Waals surface area contributed by atoms with Crippen molar-refractivity contribution in [2.75, 3.05) is 27.8 Å². The van der Waals surface area contributed by atoms with Crippen LogP contribution >= 0.6 is 0 Å². The number of esters is 1. The summed E-state index contributed by atoms with van der Waals surface area (Å²) in [5.74, 6) is 0.412. The molecule has 0 radical (unpaired) electrons. The summed E-state index contributed by atoms with van der Waals surface area (Å²) in [6, 6.07) is 7.72. The number of rotatable bonds is 7. The van der Waals surface area contributed by atoms with Crippen molar-refractivity contribution in [3.05, 3.63) is 29.8 Å². The summed E-state index contributed by atoms with van der Waals surface area (Å²) in [5.41, 5.74) is 1.04. The fourth-order valence-electron chi connectivity index (χ4n) is 1.89. The summed E-state index contributed by atoms with van der Waals surface area (Å²) in [6.45, 7) is 1.04. The molecule has 1 unspecified atom stereocenters. The summed E-state index contributed by atoms with van der Waals surface area (Å²) < 4.78 is 9.79. The second-order valence-corrected chi connectivity index (χ2v) is 4.44. The zero-order chi connectivity index (χ0) is 14.3. The van der Waals surface area contributed by atoms with Gasteiger partial charge in [-0.15, -0.1) is 0 Å². The number of hydrogen-bond donors (Lipinski definition) is 1. The van der Waals surface area contributed by atoms with Gasteiger partial charge >= 0.3 is 5.97 Å². The van der Waals surface area contributed by atoms with E-state index in [2.05, 4.69) is 4.74 Å². The molecule has 1 aromatic carbocycles. The molecule has 0 saturated carbocycles. The van der Waals surface area contributed by atoms with Gasteiger partial charge in [-0.3, -0.25) is 9.69 Å². The molecule has 0 amide bonds. The van der Waals surface area contributed by atoms with E-state index in [1.165, 1.54) is 7.11 Å². The highest BCUT2D eigenvalue weighted by molar-refractivity contribution is 5.69. The number of carbonyl (C=O) groups excluding carboxylic acids is 1. The van der Waals surface area contributed by atoms with Crippen LogP contribution in [0.3, 0.4) is 0 Å². The molecular formula is C14H21NO4. The molecule has 5 nitrogen and oxygen atoms in total. The first-order valence-electron chi connectivity index (χ1n) is 6.12. The van der Waals surface area contributed by atoms with Crippen LogP contribution in [0, 0.1) is 0 Å². The van der Waals surface area contributed by atoms with Gasteiger partial charge in [0, 0.05) is 18.7 Å². The summed E-state index contributed by atoms with van der Waals surface area (Å²) in [7, 11) is 4.82. The smallest absolute Gasteiger partial charge is 0.308 e. The Morgan fingerprint density at radius 1 is 1.37 bits per heavy atom. The van der Waals surface area contributed by atoms with Crippen LogP contribution in [-0.2, 0) is 16.1 Å². The van der Waals surface area contributed by atoms with E-state index in [-0.39, 0.29) is 6.42 Å². The average Bonchev–Trinajstić information content (AvgIpc) is 2.38. The molecule has 0 heterocycles. The lowest BCUT2D eigenvalue weighted by atomic mass is 10.1. The second-order valence-electron chi connectivity index (χ2n) is 4.44. The van der Waals surface area contributed by atoms with Crippen molar-refractivity contribution < 1.29 is 19.4 Å². The third-order valence-corrected chi connectivity index (χ3v) is 2.79. The molecule has 19 heavy (non-hydrogen) atoms. The fraction of sp³-hybridized carbons (Fsp3) is 0.500.